The molecule has 5 heteroatoms. The zero-order valence-corrected chi connectivity index (χ0v) is 12.6. The van der Waals surface area contributed by atoms with Crippen LogP contribution in [0.5, 0.6) is 11.5 Å². The van der Waals surface area contributed by atoms with E-state index in [1.165, 1.54) is 0 Å². The van der Waals surface area contributed by atoms with Gasteiger partial charge in [0.15, 0.2) is 11.5 Å². The number of benzene rings is 1. The maximum absolute atomic E-state index is 12.9. The van der Waals surface area contributed by atoms with E-state index in [9.17, 15) is 4.79 Å². The van der Waals surface area contributed by atoms with Crippen LogP contribution in [0.25, 0.3) is 0 Å². The Hall–Kier alpha value is -1.75. The van der Waals surface area contributed by atoms with Crippen LogP contribution in [0.2, 0.25) is 0 Å². The second-order valence-electron chi connectivity index (χ2n) is 6.16. The lowest BCUT2D eigenvalue weighted by molar-refractivity contribution is -0.144. The van der Waals surface area contributed by atoms with Crippen LogP contribution in [-0.2, 0) is 9.53 Å². The van der Waals surface area contributed by atoms with Gasteiger partial charge < -0.3 is 19.1 Å². The Labute approximate surface area is 130 Å². The molecule has 5 nitrogen and oxygen atoms in total. The molecule has 1 aromatic rings. The van der Waals surface area contributed by atoms with Gasteiger partial charge in [0, 0.05) is 13.2 Å². The lowest BCUT2D eigenvalue weighted by Gasteiger charge is -2.34. The topological polar surface area (TPSA) is 48.0 Å². The second-order valence-corrected chi connectivity index (χ2v) is 6.16. The van der Waals surface area contributed by atoms with Gasteiger partial charge in [-0.15, -0.1) is 0 Å². The Kier molecular flexibility index (Phi) is 3.66. The van der Waals surface area contributed by atoms with Crippen molar-refractivity contribution in [2.45, 2.75) is 43.9 Å². The molecule has 1 saturated carbocycles. The van der Waals surface area contributed by atoms with Crippen molar-refractivity contribution < 1.29 is 19.0 Å². The summed E-state index contributed by atoms with van der Waals surface area (Å²) < 4.78 is 17.5. The summed E-state index contributed by atoms with van der Waals surface area (Å²) in [6.07, 6.45) is 3.75. The highest BCUT2D eigenvalue weighted by Gasteiger charge is 2.40. The summed E-state index contributed by atoms with van der Waals surface area (Å²) >= 11 is 0. The molecule has 118 valence electrons. The standard InChI is InChI=1S/C17H21NO4/c19-17(16-11-21-14-6-1-2-7-15(14)22-16)18-9-4-10-20-13-8-3-5-12(13)18/h1-2,6-7,12-13,16H,3-5,8-11H2. The number of para-hydroxylation sites is 2. The van der Waals surface area contributed by atoms with Gasteiger partial charge in [-0.2, -0.15) is 0 Å². The third-order valence-corrected chi connectivity index (χ3v) is 4.76. The van der Waals surface area contributed by atoms with E-state index in [0.717, 1.165) is 38.8 Å². The fourth-order valence-electron chi connectivity index (χ4n) is 3.69. The van der Waals surface area contributed by atoms with Crippen LogP contribution in [-0.4, -0.2) is 48.8 Å². The van der Waals surface area contributed by atoms with Crippen molar-refractivity contribution >= 4 is 5.91 Å². The van der Waals surface area contributed by atoms with E-state index in [4.69, 9.17) is 14.2 Å². The molecule has 1 aromatic carbocycles. The molecule has 4 rings (SSSR count). The molecule has 1 amide bonds. The number of carbonyl (C=O) groups is 1. The van der Waals surface area contributed by atoms with E-state index in [1.54, 1.807) is 0 Å². The first kappa shape index (κ1) is 13.9. The summed E-state index contributed by atoms with van der Waals surface area (Å²) in [6.45, 7) is 1.78. The summed E-state index contributed by atoms with van der Waals surface area (Å²) in [5, 5.41) is 0. The van der Waals surface area contributed by atoms with Gasteiger partial charge in [0.2, 0.25) is 6.10 Å². The molecule has 0 bridgehead atoms. The highest BCUT2D eigenvalue weighted by Crippen LogP contribution is 2.33. The molecule has 0 N–H and O–H groups in total. The molecule has 2 heterocycles. The Balaban J connectivity index is 1.51. The average molecular weight is 303 g/mol. The largest absolute Gasteiger partial charge is 0.485 e. The van der Waals surface area contributed by atoms with E-state index < -0.39 is 6.10 Å². The fourth-order valence-corrected chi connectivity index (χ4v) is 3.69. The number of amides is 1. The van der Waals surface area contributed by atoms with Gasteiger partial charge in [-0.05, 0) is 37.8 Å². The summed E-state index contributed by atoms with van der Waals surface area (Å²) in [5.41, 5.74) is 0. The molecule has 0 aromatic heterocycles. The maximum atomic E-state index is 12.9. The van der Waals surface area contributed by atoms with Gasteiger partial charge in [0.25, 0.3) is 5.91 Å². The predicted octanol–water partition coefficient (Wildman–Crippen LogP) is 2.00. The van der Waals surface area contributed by atoms with Gasteiger partial charge in [0.05, 0.1) is 12.1 Å². The minimum Gasteiger partial charge on any atom is -0.485 e. The lowest BCUT2D eigenvalue weighted by Crippen LogP contribution is -2.52. The average Bonchev–Trinajstić information content (AvgIpc) is 2.93. The molecule has 3 aliphatic rings. The molecule has 0 spiro atoms. The van der Waals surface area contributed by atoms with Crippen LogP contribution in [0.3, 0.4) is 0 Å². The summed E-state index contributed by atoms with van der Waals surface area (Å²) in [4.78, 5) is 14.9. The Morgan fingerprint density at radius 2 is 2.00 bits per heavy atom. The normalized spacial score (nSPS) is 30.5. The molecule has 0 radical (unpaired) electrons. The highest BCUT2D eigenvalue weighted by atomic mass is 16.6. The van der Waals surface area contributed by atoms with Crippen LogP contribution in [0, 0.1) is 0 Å². The smallest absolute Gasteiger partial charge is 0.267 e. The summed E-state index contributed by atoms with van der Waals surface area (Å²) in [6, 6.07) is 7.71. The first-order valence-corrected chi connectivity index (χ1v) is 8.13. The zero-order chi connectivity index (χ0) is 14.9. The molecule has 22 heavy (non-hydrogen) atoms. The van der Waals surface area contributed by atoms with E-state index in [1.807, 2.05) is 29.2 Å². The van der Waals surface area contributed by atoms with Gasteiger partial charge >= 0.3 is 0 Å². The minimum atomic E-state index is -0.547. The fraction of sp³-hybridized carbons (Fsp3) is 0.588. The highest BCUT2D eigenvalue weighted by molar-refractivity contribution is 5.82. The lowest BCUT2D eigenvalue weighted by atomic mass is 10.1. The first-order chi connectivity index (χ1) is 10.8. The summed E-state index contributed by atoms with van der Waals surface area (Å²) in [5.74, 6) is 1.41. The van der Waals surface area contributed by atoms with Crippen LogP contribution in [0.15, 0.2) is 24.3 Å². The molecule has 3 unspecified atom stereocenters. The van der Waals surface area contributed by atoms with Gasteiger partial charge in [-0.25, -0.2) is 0 Å². The third kappa shape index (κ3) is 2.43. The van der Waals surface area contributed by atoms with Crippen LogP contribution in [0.1, 0.15) is 25.7 Å². The second kappa shape index (κ2) is 5.80. The van der Waals surface area contributed by atoms with Crippen molar-refractivity contribution in [2.75, 3.05) is 19.8 Å². The van der Waals surface area contributed by atoms with Gasteiger partial charge in [-0.3, -0.25) is 4.79 Å². The number of hydrogen-bond acceptors (Lipinski definition) is 4. The first-order valence-electron chi connectivity index (χ1n) is 8.13. The van der Waals surface area contributed by atoms with Crippen molar-refractivity contribution in [3.63, 3.8) is 0 Å². The molecule has 1 aliphatic carbocycles. The number of fused-ring (bicyclic) bond motifs is 2. The Morgan fingerprint density at radius 1 is 1.14 bits per heavy atom. The molecule has 2 aliphatic heterocycles. The monoisotopic (exact) mass is 303 g/mol. The van der Waals surface area contributed by atoms with Crippen LogP contribution < -0.4 is 9.47 Å². The van der Waals surface area contributed by atoms with Crippen molar-refractivity contribution in [1.29, 1.82) is 0 Å². The predicted molar refractivity (Wildman–Crippen MR) is 80.1 cm³/mol. The Bertz CT molecular complexity index is 561. The number of rotatable bonds is 1. The van der Waals surface area contributed by atoms with E-state index in [-0.39, 0.29) is 24.7 Å². The van der Waals surface area contributed by atoms with Gasteiger partial charge in [0.1, 0.15) is 6.61 Å². The quantitative estimate of drug-likeness (QED) is 0.796. The van der Waals surface area contributed by atoms with Crippen molar-refractivity contribution in [3.8, 4) is 11.5 Å². The van der Waals surface area contributed by atoms with E-state index >= 15 is 0 Å². The van der Waals surface area contributed by atoms with E-state index in [2.05, 4.69) is 0 Å². The van der Waals surface area contributed by atoms with Gasteiger partial charge in [-0.1, -0.05) is 12.1 Å². The number of nitrogens with zero attached hydrogens (tertiary/aromatic N) is 1. The molecule has 3 atom stereocenters. The minimum absolute atomic E-state index is 0.0388. The molecule has 1 saturated heterocycles. The zero-order valence-electron chi connectivity index (χ0n) is 12.6. The Morgan fingerprint density at radius 3 is 2.91 bits per heavy atom. The molecule has 2 fully saturated rings. The van der Waals surface area contributed by atoms with Crippen molar-refractivity contribution in [2.24, 2.45) is 0 Å². The van der Waals surface area contributed by atoms with Crippen LogP contribution >= 0.6 is 0 Å². The number of carbonyl (C=O) groups excluding carboxylic acids is 1. The number of hydrogen-bond donors (Lipinski definition) is 0. The van der Waals surface area contributed by atoms with Crippen molar-refractivity contribution in [1.82, 2.24) is 4.90 Å². The summed E-state index contributed by atoms with van der Waals surface area (Å²) in [7, 11) is 0. The van der Waals surface area contributed by atoms with Crippen LogP contribution in [0.4, 0.5) is 0 Å². The molecular formula is C17H21NO4. The SMILES string of the molecule is O=C(C1COc2ccccc2O1)N1CCCOC2CCCC21. The maximum Gasteiger partial charge on any atom is 0.267 e. The third-order valence-electron chi connectivity index (χ3n) is 4.76. The molecular weight excluding hydrogens is 282 g/mol. The number of ether oxygens (including phenoxy) is 3. The van der Waals surface area contributed by atoms with E-state index in [0.29, 0.717) is 11.5 Å². The van der Waals surface area contributed by atoms with Crippen molar-refractivity contribution in [3.05, 3.63) is 24.3 Å².